The van der Waals surface area contributed by atoms with Crippen LogP contribution >= 0.6 is 0 Å². The smallest absolute Gasteiger partial charge is 0.268 e. The standard InChI is InChI=1S/C12H18N2O3S/c1-9(2)10-6-5-7-11(8-10)12(15)13-18(16,17)14(3)4/h5-9H,1-4H3,(H,13,15). The van der Waals surface area contributed by atoms with Gasteiger partial charge >= 0.3 is 10.2 Å². The fourth-order valence-electron chi connectivity index (χ4n) is 1.31. The maximum Gasteiger partial charge on any atom is 0.303 e. The second-order valence-electron chi connectivity index (χ2n) is 4.50. The maximum atomic E-state index is 11.8. The molecule has 0 aromatic heterocycles. The summed E-state index contributed by atoms with van der Waals surface area (Å²) in [7, 11) is -1.02. The van der Waals surface area contributed by atoms with Crippen LogP contribution < -0.4 is 4.72 Å². The summed E-state index contributed by atoms with van der Waals surface area (Å²) in [5.41, 5.74) is 1.33. The van der Waals surface area contributed by atoms with Gasteiger partial charge in [0, 0.05) is 19.7 Å². The first-order valence-electron chi connectivity index (χ1n) is 5.58. The minimum Gasteiger partial charge on any atom is -0.268 e. The maximum absolute atomic E-state index is 11.8. The van der Waals surface area contributed by atoms with Crippen LogP contribution in [0.25, 0.3) is 0 Å². The van der Waals surface area contributed by atoms with Crippen LogP contribution in [0.3, 0.4) is 0 Å². The van der Waals surface area contributed by atoms with E-state index in [0.29, 0.717) is 5.56 Å². The predicted molar refractivity (Wildman–Crippen MR) is 70.6 cm³/mol. The van der Waals surface area contributed by atoms with Gasteiger partial charge in [-0.3, -0.25) is 4.79 Å². The van der Waals surface area contributed by atoms with Gasteiger partial charge in [-0.05, 0) is 23.6 Å². The number of benzene rings is 1. The van der Waals surface area contributed by atoms with Crippen LogP contribution in [-0.2, 0) is 10.2 Å². The molecule has 0 aliphatic carbocycles. The van der Waals surface area contributed by atoms with Crippen molar-refractivity contribution < 1.29 is 13.2 Å². The predicted octanol–water partition coefficient (Wildman–Crippen LogP) is 1.35. The molecule has 0 aliphatic heterocycles. The van der Waals surface area contributed by atoms with Gasteiger partial charge < -0.3 is 0 Å². The molecule has 0 saturated carbocycles. The molecule has 1 amide bonds. The number of amides is 1. The van der Waals surface area contributed by atoms with Crippen LogP contribution in [-0.4, -0.2) is 32.7 Å². The Hall–Kier alpha value is -1.40. The third kappa shape index (κ3) is 3.54. The van der Waals surface area contributed by atoms with Crippen molar-refractivity contribution >= 4 is 16.1 Å². The van der Waals surface area contributed by atoms with Crippen LogP contribution in [0.15, 0.2) is 24.3 Å². The summed E-state index contributed by atoms with van der Waals surface area (Å²) in [4.78, 5) is 11.8. The molecular weight excluding hydrogens is 252 g/mol. The fraction of sp³-hybridized carbons (Fsp3) is 0.417. The van der Waals surface area contributed by atoms with Crippen molar-refractivity contribution in [3.05, 3.63) is 35.4 Å². The van der Waals surface area contributed by atoms with E-state index >= 15 is 0 Å². The Morgan fingerprint density at radius 2 is 1.89 bits per heavy atom. The van der Waals surface area contributed by atoms with Gasteiger partial charge in [0.05, 0.1) is 0 Å². The van der Waals surface area contributed by atoms with Gasteiger partial charge in [0.2, 0.25) is 0 Å². The number of nitrogens with zero attached hydrogens (tertiary/aromatic N) is 1. The van der Waals surface area contributed by atoms with E-state index in [0.717, 1.165) is 9.87 Å². The summed E-state index contributed by atoms with van der Waals surface area (Å²) in [6, 6.07) is 6.94. The van der Waals surface area contributed by atoms with Crippen molar-refractivity contribution in [2.75, 3.05) is 14.1 Å². The van der Waals surface area contributed by atoms with Gasteiger partial charge in [0.1, 0.15) is 0 Å². The Bertz CT molecular complexity index is 536. The lowest BCUT2D eigenvalue weighted by atomic mass is 10.0. The third-order valence-electron chi connectivity index (χ3n) is 2.52. The lowest BCUT2D eigenvalue weighted by Crippen LogP contribution is -2.39. The Morgan fingerprint density at radius 1 is 1.28 bits per heavy atom. The molecule has 100 valence electrons. The topological polar surface area (TPSA) is 66.5 Å². The van der Waals surface area contributed by atoms with Crippen LogP contribution in [0.1, 0.15) is 35.7 Å². The molecule has 0 unspecified atom stereocenters. The molecule has 0 aliphatic rings. The van der Waals surface area contributed by atoms with Crippen molar-refractivity contribution in [3.8, 4) is 0 Å². The summed E-state index contributed by atoms with van der Waals surface area (Å²) in [6.07, 6.45) is 0. The highest BCUT2D eigenvalue weighted by atomic mass is 32.2. The van der Waals surface area contributed by atoms with E-state index in [1.807, 2.05) is 24.6 Å². The normalized spacial score (nSPS) is 11.9. The second-order valence-corrected chi connectivity index (χ2v) is 6.38. The molecule has 1 aromatic rings. The summed E-state index contributed by atoms with van der Waals surface area (Å²) in [5, 5.41) is 0. The zero-order valence-electron chi connectivity index (χ0n) is 11.0. The van der Waals surface area contributed by atoms with E-state index in [9.17, 15) is 13.2 Å². The zero-order valence-corrected chi connectivity index (χ0v) is 11.8. The lowest BCUT2D eigenvalue weighted by Gasteiger charge is -2.13. The quantitative estimate of drug-likeness (QED) is 0.898. The Kier molecular flexibility index (Phi) is 4.48. The summed E-state index contributed by atoms with van der Waals surface area (Å²) < 4.78 is 26.0. The van der Waals surface area contributed by atoms with Gasteiger partial charge in [-0.25, -0.2) is 4.72 Å². The largest absolute Gasteiger partial charge is 0.303 e. The molecule has 1 aromatic carbocycles. The van der Waals surface area contributed by atoms with Gasteiger partial charge in [0.25, 0.3) is 5.91 Å². The number of nitrogens with one attached hydrogen (secondary N) is 1. The molecule has 0 atom stereocenters. The van der Waals surface area contributed by atoms with Crippen LogP contribution in [0.2, 0.25) is 0 Å². The van der Waals surface area contributed by atoms with Crippen molar-refractivity contribution in [2.24, 2.45) is 0 Å². The molecule has 1 N–H and O–H groups in total. The number of carbonyl (C=O) groups excluding carboxylic acids is 1. The van der Waals surface area contributed by atoms with Crippen molar-refractivity contribution in [1.82, 2.24) is 9.03 Å². The molecule has 0 bridgehead atoms. The number of rotatable bonds is 4. The lowest BCUT2D eigenvalue weighted by molar-refractivity contribution is 0.0979. The highest BCUT2D eigenvalue weighted by Gasteiger charge is 2.18. The van der Waals surface area contributed by atoms with Gasteiger partial charge in [-0.2, -0.15) is 12.7 Å². The molecule has 0 radical (unpaired) electrons. The zero-order chi connectivity index (χ0) is 13.9. The molecule has 0 heterocycles. The Labute approximate surface area is 108 Å². The Morgan fingerprint density at radius 3 is 2.39 bits per heavy atom. The fourth-order valence-corrected chi connectivity index (χ4v) is 1.84. The molecule has 0 spiro atoms. The van der Waals surface area contributed by atoms with Gasteiger partial charge in [0.15, 0.2) is 0 Å². The molecule has 1 rings (SSSR count). The highest BCUT2D eigenvalue weighted by molar-refractivity contribution is 7.87. The van der Waals surface area contributed by atoms with Crippen LogP contribution in [0.5, 0.6) is 0 Å². The van der Waals surface area contributed by atoms with E-state index < -0.39 is 16.1 Å². The van der Waals surface area contributed by atoms with E-state index in [1.165, 1.54) is 14.1 Å². The summed E-state index contributed by atoms with van der Waals surface area (Å²) >= 11 is 0. The first-order chi connectivity index (χ1) is 8.24. The second kappa shape index (κ2) is 5.49. The average molecular weight is 270 g/mol. The first kappa shape index (κ1) is 14.7. The molecule has 0 fully saturated rings. The molecule has 5 nitrogen and oxygen atoms in total. The Balaban J connectivity index is 2.95. The minimum absolute atomic E-state index is 0.281. The average Bonchev–Trinajstić information content (AvgIpc) is 2.28. The molecular formula is C12H18N2O3S. The van der Waals surface area contributed by atoms with Crippen molar-refractivity contribution in [3.63, 3.8) is 0 Å². The third-order valence-corrected chi connectivity index (χ3v) is 3.92. The van der Waals surface area contributed by atoms with E-state index in [4.69, 9.17) is 0 Å². The monoisotopic (exact) mass is 270 g/mol. The molecule has 6 heteroatoms. The first-order valence-corrected chi connectivity index (χ1v) is 7.02. The SMILES string of the molecule is CC(C)c1cccc(C(=O)NS(=O)(=O)N(C)C)c1. The van der Waals surface area contributed by atoms with Gasteiger partial charge in [-0.1, -0.05) is 26.0 Å². The summed E-state index contributed by atoms with van der Waals surface area (Å²) in [6.45, 7) is 4.02. The van der Waals surface area contributed by atoms with Gasteiger partial charge in [-0.15, -0.1) is 0 Å². The number of hydrogen-bond acceptors (Lipinski definition) is 3. The van der Waals surface area contributed by atoms with Crippen molar-refractivity contribution in [2.45, 2.75) is 19.8 Å². The number of hydrogen-bond donors (Lipinski definition) is 1. The van der Waals surface area contributed by atoms with E-state index in [1.54, 1.807) is 18.2 Å². The molecule has 0 saturated heterocycles. The van der Waals surface area contributed by atoms with E-state index in [2.05, 4.69) is 0 Å². The van der Waals surface area contributed by atoms with E-state index in [-0.39, 0.29) is 5.92 Å². The van der Waals surface area contributed by atoms with Crippen LogP contribution in [0, 0.1) is 0 Å². The molecule has 18 heavy (non-hydrogen) atoms. The minimum atomic E-state index is -3.74. The highest BCUT2D eigenvalue weighted by Crippen LogP contribution is 2.15. The van der Waals surface area contributed by atoms with Crippen LogP contribution in [0.4, 0.5) is 0 Å². The summed E-state index contributed by atoms with van der Waals surface area (Å²) in [5.74, 6) is -0.339. The number of carbonyl (C=O) groups is 1. The van der Waals surface area contributed by atoms with Crippen molar-refractivity contribution in [1.29, 1.82) is 0 Å².